The number of carbonyl (C=O) groups excluding carboxylic acids is 1. The highest BCUT2D eigenvalue weighted by Crippen LogP contribution is 2.62. The van der Waals surface area contributed by atoms with Gasteiger partial charge in [-0.3, -0.25) is 4.79 Å². The van der Waals surface area contributed by atoms with E-state index in [1.807, 2.05) is 0 Å². The highest BCUT2D eigenvalue weighted by Gasteiger charge is 2.59. The summed E-state index contributed by atoms with van der Waals surface area (Å²) in [5.41, 5.74) is -1.05. The smallest absolute Gasteiger partial charge is 0.133 e. The quantitative estimate of drug-likeness (QED) is 0.775. The van der Waals surface area contributed by atoms with Gasteiger partial charge >= 0.3 is 0 Å². The Hall–Kier alpha value is -0.670. The zero-order chi connectivity index (χ0) is 17.6. The summed E-state index contributed by atoms with van der Waals surface area (Å²) in [5.74, 6) is 1.05. The van der Waals surface area contributed by atoms with E-state index in [2.05, 4.69) is 34.3 Å². The largest absolute Gasteiger partial charge is 0.393 e. The second-order valence-corrected chi connectivity index (χ2v) is 9.03. The van der Waals surface area contributed by atoms with Gasteiger partial charge < -0.3 is 10.2 Å². The first-order valence-electron chi connectivity index (χ1n) is 9.02. The molecule has 0 bridgehead atoms. The van der Waals surface area contributed by atoms with E-state index in [4.69, 9.17) is 0 Å². The van der Waals surface area contributed by atoms with Crippen molar-refractivity contribution in [1.82, 2.24) is 0 Å². The first-order chi connectivity index (χ1) is 10.5. The monoisotopic (exact) mass is 322 g/mol. The molecule has 2 fully saturated rings. The first kappa shape index (κ1) is 18.7. The summed E-state index contributed by atoms with van der Waals surface area (Å²) in [4.78, 5) is 12.3. The number of ketones is 1. The van der Waals surface area contributed by atoms with Crippen LogP contribution in [0.4, 0.5) is 0 Å². The molecule has 0 aliphatic heterocycles. The predicted molar refractivity (Wildman–Crippen MR) is 93.0 cm³/mol. The average Bonchev–Trinajstić information content (AvgIpc) is 2.47. The molecule has 2 aliphatic rings. The van der Waals surface area contributed by atoms with Gasteiger partial charge in [-0.15, -0.1) is 6.58 Å². The minimum Gasteiger partial charge on any atom is -0.393 e. The molecule has 0 spiro atoms. The van der Waals surface area contributed by atoms with Crippen molar-refractivity contribution in [3.05, 3.63) is 12.7 Å². The summed E-state index contributed by atoms with van der Waals surface area (Å²) in [7, 11) is 0. The maximum absolute atomic E-state index is 12.3. The number of fused-ring (bicyclic) bond motifs is 1. The van der Waals surface area contributed by atoms with Crippen LogP contribution < -0.4 is 0 Å². The third-order valence-corrected chi connectivity index (χ3v) is 7.56. The zero-order valence-electron chi connectivity index (χ0n) is 15.4. The van der Waals surface area contributed by atoms with E-state index in [9.17, 15) is 15.0 Å². The van der Waals surface area contributed by atoms with E-state index >= 15 is 0 Å². The van der Waals surface area contributed by atoms with E-state index < -0.39 is 5.60 Å². The Morgan fingerprint density at radius 3 is 2.52 bits per heavy atom. The van der Waals surface area contributed by atoms with Crippen molar-refractivity contribution >= 4 is 5.78 Å². The lowest BCUT2D eigenvalue weighted by Crippen LogP contribution is -2.58. The molecule has 0 saturated heterocycles. The van der Waals surface area contributed by atoms with Crippen molar-refractivity contribution in [1.29, 1.82) is 0 Å². The number of aliphatic hydroxyl groups is 2. The van der Waals surface area contributed by atoms with E-state index in [0.29, 0.717) is 31.0 Å². The lowest BCUT2D eigenvalue weighted by Gasteiger charge is -2.61. The first-order valence-corrected chi connectivity index (χ1v) is 9.02. The van der Waals surface area contributed by atoms with E-state index in [-0.39, 0.29) is 28.8 Å². The molecule has 132 valence electrons. The lowest BCUT2D eigenvalue weighted by atomic mass is 9.44. The Bertz CT molecular complexity index is 483. The minimum atomic E-state index is -0.897. The van der Waals surface area contributed by atoms with E-state index in [0.717, 1.165) is 12.8 Å². The molecular weight excluding hydrogens is 288 g/mol. The van der Waals surface area contributed by atoms with Crippen molar-refractivity contribution < 1.29 is 15.0 Å². The number of hydrogen-bond donors (Lipinski definition) is 2. The van der Waals surface area contributed by atoms with Gasteiger partial charge in [0.15, 0.2) is 0 Å². The molecule has 2 N–H and O–H groups in total. The number of carbonyl (C=O) groups is 1. The van der Waals surface area contributed by atoms with Crippen LogP contribution in [0.15, 0.2) is 12.7 Å². The van der Waals surface area contributed by atoms with Crippen LogP contribution in [0.2, 0.25) is 0 Å². The predicted octanol–water partition coefficient (Wildman–Crippen LogP) is 3.73. The van der Waals surface area contributed by atoms with Gasteiger partial charge in [0, 0.05) is 12.8 Å². The topological polar surface area (TPSA) is 57.5 Å². The SMILES string of the molecule is C=CC(C)(O)CC[C@]1(C)[C@H]2CC(=O)C[C@H](C)[C@]2(C)C[C@@H](O)[C@H]1C. The third-order valence-electron chi connectivity index (χ3n) is 7.56. The number of Topliss-reactive ketones (excluding diaryl/α,β-unsaturated/α-hetero) is 1. The van der Waals surface area contributed by atoms with Crippen molar-refractivity contribution in [3.8, 4) is 0 Å². The molecule has 2 saturated carbocycles. The molecule has 0 aromatic carbocycles. The summed E-state index contributed by atoms with van der Waals surface area (Å²) in [6.45, 7) is 14.2. The van der Waals surface area contributed by atoms with Crippen LogP contribution in [0.5, 0.6) is 0 Å². The second kappa shape index (κ2) is 6.00. The molecule has 0 aromatic rings. The summed E-state index contributed by atoms with van der Waals surface area (Å²) in [5, 5.41) is 21.1. The highest BCUT2D eigenvalue weighted by atomic mass is 16.3. The molecule has 0 radical (unpaired) electrons. The molecule has 0 amide bonds. The lowest BCUT2D eigenvalue weighted by molar-refractivity contribution is -0.170. The van der Waals surface area contributed by atoms with Gasteiger partial charge in [0.1, 0.15) is 5.78 Å². The average molecular weight is 322 g/mol. The van der Waals surface area contributed by atoms with Crippen LogP contribution in [0.25, 0.3) is 0 Å². The van der Waals surface area contributed by atoms with Crippen molar-refractivity contribution in [3.63, 3.8) is 0 Å². The summed E-state index contributed by atoms with van der Waals surface area (Å²) >= 11 is 0. The molecule has 7 atom stereocenters. The van der Waals surface area contributed by atoms with Gasteiger partial charge in [-0.25, -0.2) is 0 Å². The molecule has 0 aromatic heterocycles. The maximum atomic E-state index is 12.3. The molecule has 1 unspecified atom stereocenters. The van der Waals surface area contributed by atoms with Crippen LogP contribution in [-0.2, 0) is 4.79 Å². The Labute approximate surface area is 141 Å². The zero-order valence-corrected chi connectivity index (χ0v) is 15.4. The van der Waals surface area contributed by atoms with Gasteiger partial charge in [0.05, 0.1) is 11.7 Å². The molecule has 3 nitrogen and oxygen atoms in total. The number of aliphatic hydroxyl groups excluding tert-OH is 1. The third kappa shape index (κ3) is 3.15. The summed E-state index contributed by atoms with van der Waals surface area (Å²) in [6, 6.07) is 0. The fraction of sp³-hybridized carbons (Fsp3) is 0.850. The Balaban J connectivity index is 2.36. The van der Waals surface area contributed by atoms with E-state index in [1.165, 1.54) is 0 Å². The molecule has 23 heavy (non-hydrogen) atoms. The Morgan fingerprint density at radius 1 is 1.35 bits per heavy atom. The molecule has 2 rings (SSSR count). The van der Waals surface area contributed by atoms with Gasteiger partial charge in [0.2, 0.25) is 0 Å². The maximum Gasteiger partial charge on any atom is 0.133 e. The Kier molecular flexibility index (Phi) is 4.87. The van der Waals surface area contributed by atoms with Crippen molar-refractivity contribution in [2.45, 2.75) is 78.4 Å². The molecular formula is C20H34O3. The van der Waals surface area contributed by atoms with Crippen molar-refractivity contribution in [2.75, 3.05) is 0 Å². The molecule has 0 heterocycles. The molecule has 3 heteroatoms. The summed E-state index contributed by atoms with van der Waals surface area (Å²) in [6.07, 6.45) is 4.68. The highest BCUT2D eigenvalue weighted by molar-refractivity contribution is 5.80. The van der Waals surface area contributed by atoms with Crippen LogP contribution in [0.1, 0.15) is 66.7 Å². The van der Waals surface area contributed by atoms with Gasteiger partial charge in [-0.2, -0.15) is 0 Å². The van der Waals surface area contributed by atoms with E-state index in [1.54, 1.807) is 13.0 Å². The van der Waals surface area contributed by atoms with Crippen LogP contribution in [0, 0.1) is 28.6 Å². The standard InChI is InChI=1S/C20H34O3/c1-7-18(4,23)8-9-19(5)14(3)16(22)12-20(6)13(2)10-15(21)11-17(19)20/h7,13-14,16-17,22-23H,1,8-12H2,2-6H3/t13-,14+,16+,17+,18?,19-,20-/m0/s1. The normalized spacial score (nSPS) is 46.8. The fourth-order valence-corrected chi connectivity index (χ4v) is 5.20. The number of rotatable bonds is 4. The van der Waals surface area contributed by atoms with Gasteiger partial charge in [0.25, 0.3) is 0 Å². The fourth-order valence-electron chi connectivity index (χ4n) is 5.20. The second-order valence-electron chi connectivity index (χ2n) is 9.03. The Morgan fingerprint density at radius 2 is 1.96 bits per heavy atom. The summed E-state index contributed by atoms with van der Waals surface area (Å²) < 4.78 is 0. The van der Waals surface area contributed by atoms with Gasteiger partial charge in [-0.05, 0) is 54.8 Å². The van der Waals surface area contributed by atoms with Crippen LogP contribution >= 0.6 is 0 Å². The molecule has 2 aliphatic carbocycles. The minimum absolute atomic E-state index is 0.00533. The van der Waals surface area contributed by atoms with Crippen LogP contribution in [-0.4, -0.2) is 27.7 Å². The number of hydrogen-bond acceptors (Lipinski definition) is 3. The van der Waals surface area contributed by atoms with Crippen molar-refractivity contribution in [2.24, 2.45) is 28.6 Å². The van der Waals surface area contributed by atoms with Gasteiger partial charge in [-0.1, -0.05) is 33.8 Å². The van der Waals surface area contributed by atoms with Crippen LogP contribution in [0.3, 0.4) is 0 Å².